The Morgan fingerprint density at radius 1 is 0.909 bits per heavy atom. The molecule has 0 amide bonds. The highest BCUT2D eigenvalue weighted by Crippen LogP contribution is 2.38. The highest BCUT2D eigenvalue weighted by molar-refractivity contribution is 7.85. The Hall–Kier alpha value is -1.90. The summed E-state index contributed by atoms with van der Waals surface area (Å²) in [7, 11) is -4.02. The lowest BCUT2D eigenvalue weighted by Gasteiger charge is -2.39. The van der Waals surface area contributed by atoms with Crippen LogP contribution in [0.2, 0.25) is 0 Å². The van der Waals surface area contributed by atoms with Crippen molar-refractivity contribution in [2.45, 2.75) is 74.9 Å². The average molecular weight is 484 g/mol. The van der Waals surface area contributed by atoms with Crippen molar-refractivity contribution < 1.29 is 26.1 Å². The van der Waals surface area contributed by atoms with Crippen LogP contribution in [0, 0.1) is 6.92 Å². The smallest absolute Gasteiger partial charge is 0.300 e. The summed E-state index contributed by atoms with van der Waals surface area (Å²) < 4.78 is 68.1. The Morgan fingerprint density at radius 3 is 2.06 bits per heavy atom. The number of aryl methyl sites for hydroxylation is 1. The second-order valence-corrected chi connectivity index (χ2v) is 10.4. The zero-order chi connectivity index (χ0) is 24.1. The van der Waals surface area contributed by atoms with Crippen LogP contribution in [0.5, 0.6) is 0 Å². The van der Waals surface area contributed by atoms with Gasteiger partial charge in [-0.05, 0) is 88.2 Å². The van der Waals surface area contributed by atoms with Gasteiger partial charge in [0.2, 0.25) is 0 Å². The Labute approximate surface area is 194 Å². The van der Waals surface area contributed by atoms with Gasteiger partial charge in [-0.25, -0.2) is 0 Å². The van der Waals surface area contributed by atoms with Gasteiger partial charge in [0.05, 0.1) is 10.5 Å². The Kier molecular flexibility index (Phi) is 8.59. The number of benzene rings is 2. The SMILES string of the molecule is Cc1ccc(S(=O)(=O)O)cc1.FC(F)(F)c1cccc(C2CCC(N3CCCCC3)CC2)c1. The zero-order valence-corrected chi connectivity index (χ0v) is 19.7. The number of rotatable bonds is 3. The monoisotopic (exact) mass is 483 g/mol. The molecular formula is C25H32F3NO3S. The number of nitrogens with zero attached hydrogens (tertiary/aromatic N) is 1. The molecule has 0 unspecified atom stereocenters. The summed E-state index contributed by atoms with van der Waals surface area (Å²) in [5.41, 5.74) is 1.31. The first-order valence-electron chi connectivity index (χ1n) is 11.5. The fraction of sp³-hybridized carbons (Fsp3) is 0.520. The van der Waals surface area contributed by atoms with Gasteiger partial charge in [0.15, 0.2) is 0 Å². The molecule has 0 spiro atoms. The predicted molar refractivity (Wildman–Crippen MR) is 123 cm³/mol. The normalized spacial score (nSPS) is 22.3. The van der Waals surface area contributed by atoms with Crippen LogP contribution in [0.1, 0.15) is 67.6 Å². The van der Waals surface area contributed by atoms with E-state index in [0.29, 0.717) is 12.0 Å². The van der Waals surface area contributed by atoms with Crippen LogP contribution in [0.25, 0.3) is 0 Å². The minimum atomic E-state index is -4.24. The first-order chi connectivity index (χ1) is 15.5. The van der Waals surface area contributed by atoms with Crippen molar-refractivity contribution in [3.8, 4) is 0 Å². The maximum Gasteiger partial charge on any atom is 0.416 e. The molecule has 2 aromatic carbocycles. The van der Waals surface area contributed by atoms with Crippen LogP contribution in [0.4, 0.5) is 13.2 Å². The minimum absolute atomic E-state index is 0.0666. The van der Waals surface area contributed by atoms with E-state index < -0.39 is 21.9 Å². The maximum absolute atomic E-state index is 12.8. The summed E-state index contributed by atoms with van der Waals surface area (Å²) in [4.78, 5) is 2.54. The number of alkyl halides is 3. The molecule has 1 saturated heterocycles. The molecule has 1 saturated carbocycles. The van der Waals surface area contributed by atoms with Gasteiger partial charge in [0, 0.05) is 6.04 Å². The summed E-state index contributed by atoms with van der Waals surface area (Å²) in [5.74, 6) is 0.295. The van der Waals surface area contributed by atoms with Gasteiger partial charge in [-0.2, -0.15) is 21.6 Å². The molecule has 2 aliphatic rings. The summed E-state index contributed by atoms with van der Waals surface area (Å²) in [5, 5.41) is 0. The van der Waals surface area contributed by atoms with Crippen molar-refractivity contribution in [2.75, 3.05) is 13.1 Å². The predicted octanol–water partition coefficient (Wildman–Crippen LogP) is 6.46. The van der Waals surface area contributed by atoms with Gasteiger partial charge >= 0.3 is 6.18 Å². The van der Waals surface area contributed by atoms with Crippen LogP contribution in [0.3, 0.4) is 0 Å². The van der Waals surface area contributed by atoms with Gasteiger partial charge < -0.3 is 4.90 Å². The molecule has 1 aliphatic carbocycles. The van der Waals surface area contributed by atoms with Crippen LogP contribution in [-0.2, 0) is 16.3 Å². The molecule has 8 heteroatoms. The largest absolute Gasteiger partial charge is 0.416 e. The van der Waals surface area contributed by atoms with Crippen molar-refractivity contribution in [3.63, 3.8) is 0 Å². The summed E-state index contributed by atoms with van der Waals surface area (Å²) in [6, 6.07) is 12.6. The Balaban J connectivity index is 0.000000235. The third kappa shape index (κ3) is 7.55. The number of piperidine rings is 1. The van der Waals surface area contributed by atoms with Gasteiger partial charge in [-0.3, -0.25) is 4.55 Å². The fourth-order valence-corrected chi connectivity index (χ4v) is 5.22. The van der Waals surface area contributed by atoms with Crippen molar-refractivity contribution in [1.29, 1.82) is 0 Å². The van der Waals surface area contributed by atoms with E-state index in [1.165, 1.54) is 56.6 Å². The molecule has 0 radical (unpaired) electrons. The van der Waals surface area contributed by atoms with E-state index >= 15 is 0 Å². The van der Waals surface area contributed by atoms with E-state index in [0.717, 1.165) is 36.8 Å². The molecule has 2 fully saturated rings. The number of hydrogen-bond donors (Lipinski definition) is 1. The molecule has 2 aromatic rings. The number of likely N-dealkylation sites (tertiary alicyclic amines) is 1. The summed E-state index contributed by atoms with van der Waals surface area (Å²) in [6.45, 7) is 4.26. The third-order valence-electron chi connectivity index (χ3n) is 6.61. The molecule has 33 heavy (non-hydrogen) atoms. The highest BCUT2D eigenvalue weighted by atomic mass is 32.2. The highest BCUT2D eigenvalue weighted by Gasteiger charge is 2.32. The van der Waals surface area contributed by atoms with E-state index in [1.54, 1.807) is 18.2 Å². The number of hydrogen-bond acceptors (Lipinski definition) is 3. The lowest BCUT2D eigenvalue weighted by Crippen LogP contribution is -2.41. The van der Waals surface area contributed by atoms with Crippen molar-refractivity contribution in [1.82, 2.24) is 4.90 Å². The van der Waals surface area contributed by atoms with Crippen molar-refractivity contribution >= 4 is 10.1 Å². The van der Waals surface area contributed by atoms with Crippen LogP contribution in [-0.4, -0.2) is 37.0 Å². The standard InChI is InChI=1S/C18H24F3N.C7H8O3S/c19-18(20,21)16-6-4-5-15(13-16)14-7-9-17(10-8-14)22-11-2-1-3-12-22;1-6-2-4-7(5-3-6)11(8,9)10/h4-6,13-14,17H,1-3,7-12H2;2-5H,1H3,(H,8,9,10). The molecule has 182 valence electrons. The second kappa shape index (κ2) is 11.0. The topological polar surface area (TPSA) is 57.6 Å². The zero-order valence-electron chi connectivity index (χ0n) is 18.9. The quantitative estimate of drug-likeness (QED) is 0.509. The van der Waals surface area contributed by atoms with Crippen molar-refractivity contribution in [3.05, 3.63) is 65.2 Å². The van der Waals surface area contributed by atoms with Gasteiger partial charge in [-0.15, -0.1) is 0 Å². The van der Waals surface area contributed by atoms with E-state index in [9.17, 15) is 21.6 Å². The maximum atomic E-state index is 12.8. The lowest BCUT2D eigenvalue weighted by molar-refractivity contribution is -0.137. The summed E-state index contributed by atoms with van der Waals surface area (Å²) in [6.07, 6.45) is 3.99. The van der Waals surface area contributed by atoms with Crippen LogP contribution in [0.15, 0.2) is 53.4 Å². The lowest BCUT2D eigenvalue weighted by atomic mass is 9.80. The molecule has 1 N–H and O–H groups in total. The minimum Gasteiger partial charge on any atom is -0.300 e. The third-order valence-corrected chi connectivity index (χ3v) is 7.48. The molecular weight excluding hydrogens is 451 g/mol. The molecule has 0 atom stereocenters. The van der Waals surface area contributed by atoms with Crippen molar-refractivity contribution in [2.24, 2.45) is 0 Å². The number of halogens is 3. The fourth-order valence-electron chi connectivity index (χ4n) is 4.74. The molecule has 0 bridgehead atoms. The van der Waals surface area contributed by atoms with E-state index in [2.05, 4.69) is 4.90 Å². The second-order valence-electron chi connectivity index (χ2n) is 9.01. The van der Waals surface area contributed by atoms with Gasteiger partial charge in [0.25, 0.3) is 10.1 Å². The van der Waals surface area contributed by atoms with Gasteiger partial charge in [0.1, 0.15) is 0 Å². The van der Waals surface area contributed by atoms with E-state index in [4.69, 9.17) is 4.55 Å². The van der Waals surface area contributed by atoms with Crippen LogP contribution >= 0.6 is 0 Å². The Morgan fingerprint density at radius 2 is 1.52 bits per heavy atom. The first kappa shape index (κ1) is 25.7. The molecule has 1 aliphatic heterocycles. The van der Waals surface area contributed by atoms with E-state index in [1.807, 2.05) is 13.0 Å². The first-order valence-corrected chi connectivity index (χ1v) is 12.9. The van der Waals surface area contributed by atoms with Crippen LogP contribution < -0.4 is 0 Å². The molecule has 4 nitrogen and oxygen atoms in total. The van der Waals surface area contributed by atoms with Gasteiger partial charge in [-0.1, -0.05) is 42.3 Å². The Bertz CT molecular complexity index is 992. The average Bonchev–Trinajstić information content (AvgIpc) is 2.79. The van der Waals surface area contributed by atoms with E-state index in [-0.39, 0.29) is 4.90 Å². The molecule has 4 rings (SSSR count). The molecule has 0 aromatic heterocycles. The molecule has 1 heterocycles. The summed E-state index contributed by atoms with van der Waals surface area (Å²) >= 11 is 0.